The van der Waals surface area contributed by atoms with Crippen LogP contribution in [0.2, 0.25) is 0 Å². The fraction of sp³-hybridized carbons (Fsp3) is 1.00. The Bertz CT molecular complexity index is 325. The van der Waals surface area contributed by atoms with Crippen molar-refractivity contribution >= 4 is 9.84 Å². The van der Waals surface area contributed by atoms with Crippen LogP contribution >= 0.6 is 0 Å². The fourth-order valence-corrected chi connectivity index (χ4v) is 3.87. The minimum atomic E-state index is -2.77. The van der Waals surface area contributed by atoms with Crippen LogP contribution in [-0.2, 0) is 9.84 Å². The Hall–Kier alpha value is -0.130. The highest BCUT2D eigenvalue weighted by Crippen LogP contribution is 2.33. The van der Waals surface area contributed by atoms with E-state index in [1.807, 2.05) is 0 Å². The van der Waals surface area contributed by atoms with Gasteiger partial charge in [-0.05, 0) is 38.3 Å². The average molecular weight is 260 g/mol. The molecule has 2 rings (SSSR count). The summed E-state index contributed by atoms with van der Waals surface area (Å²) in [6.45, 7) is 2.63. The lowest BCUT2D eigenvalue weighted by Crippen LogP contribution is -2.46. The maximum atomic E-state index is 11.4. The molecule has 2 fully saturated rings. The van der Waals surface area contributed by atoms with E-state index >= 15 is 0 Å². The van der Waals surface area contributed by atoms with Crippen LogP contribution in [0.3, 0.4) is 0 Å². The van der Waals surface area contributed by atoms with Crippen molar-refractivity contribution in [2.75, 3.05) is 31.1 Å². The van der Waals surface area contributed by atoms with Crippen molar-refractivity contribution in [2.24, 2.45) is 5.92 Å². The quantitative estimate of drug-likeness (QED) is 0.656. The predicted molar refractivity (Wildman–Crippen MR) is 69.9 cm³/mol. The highest BCUT2D eigenvalue weighted by molar-refractivity contribution is 7.91. The zero-order chi connectivity index (χ0) is 12.1. The minimum Gasteiger partial charge on any atom is -0.317 e. The van der Waals surface area contributed by atoms with E-state index < -0.39 is 9.84 Å². The molecule has 0 aromatic heterocycles. The van der Waals surface area contributed by atoms with E-state index in [1.54, 1.807) is 0 Å². The zero-order valence-electron chi connectivity index (χ0n) is 10.5. The maximum absolute atomic E-state index is 11.4. The molecule has 4 nitrogen and oxygen atoms in total. The van der Waals surface area contributed by atoms with E-state index in [4.69, 9.17) is 0 Å². The molecule has 1 saturated heterocycles. The molecule has 2 aliphatic rings. The molecule has 1 saturated carbocycles. The summed E-state index contributed by atoms with van der Waals surface area (Å²) in [4.78, 5) is 0. The number of hydrogen-bond donors (Lipinski definition) is 2. The first-order valence-electron chi connectivity index (χ1n) is 6.80. The Morgan fingerprint density at radius 2 is 2.00 bits per heavy atom. The molecule has 2 N–H and O–H groups in total. The molecule has 0 aromatic carbocycles. The Morgan fingerprint density at radius 1 is 1.18 bits per heavy atom. The standard InChI is InChI=1S/C12H24N2O2S/c15-17(16)9-8-14-12(10-17)5-7-13-6-1-2-11-3-4-11/h11-14H,1-10H2. The third kappa shape index (κ3) is 5.36. The Morgan fingerprint density at radius 3 is 2.71 bits per heavy atom. The van der Waals surface area contributed by atoms with Crippen molar-refractivity contribution in [1.82, 2.24) is 10.6 Å². The third-order valence-corrected chi connectivity index (χ3v) is 5.37. The van der Waals surface area contributed by atoms with E-state index in [0.717, 1.165) is 25.4 Å². The van der Waals surface area contributed by atoms with Crippen molar-refractivity contribution in [1.29, 1.82) is 0 Å². The molecular weight excluding hydrogens is 236 g/mol. The van der Waals surface area contributed by atoms with Crippen LogP contribution < -0.4 is 10.6 Å². The summed E-state index contributed by atoms with van der Waals surface area (Å²) in [7, 11) is -2.77. The molecule has 0 radical (unpaired) electrons. The van der Waals surface area contributed by atoms with Crippen molar-refractivity contribution in [3.05, 3.63) is 0 Å². The highest BCUT2D eigenvalue weighted by Gasteiger charge is 2.23. The highest BCUT2D eigenvalue weighted by atomic mass is 32.2. The van der Waals surface area contributed by atoms with Crippen LogP contribution in [0.5, 0.6) is 0 Å². The lowest BCUT2D eigenvalue weighted by molar-refractivity contribution is 0.475. The van der Waals surface area contributed by atoms with Gasteiger partial charge in [-0.25, -0.2) is 8.42 Å². The third-order valence-electron chi connectivity index (χ3n) is 3.63. The second-order valence-corrected chi connectivity index (χ2v) is 7.62. The van der Waals surface area contributed by atoms with Gasteiger partial charge in [-0.3, -0.25) is 0 Å². The molecule has 0 spiro atoms. The van der Waals surface area contributed by atoms with Crippen molar-refractivity contribution < 1.29 is 8.42 Å². The van der Waals surface area contributed by atoms with Gasteiger partial charge < -0.3 is 10.6 Å². The number of hydrogen-bond acceptors (Lipinski definition) is 4. The van der Waals surface area contributed by atoms with Crippen LogP contribution in [-0.4, -0.2) is 45.6 Å². The van der Waals surface area contributed by atoms with Crippen molar-refractivity contribution in [3.8, 4) is 0 Å². The van der Waals surface area contributed by atoms with Gasteiger partial charge in [-0.2, -0.15) is 0 Å². The molecule has 1 heterocycles. The molecule has 1 aliphatic carbocycles. The molecule has 0 bridgehead atoms. The summed E-state index contributed by atoms with van der Waals surface area (Å²) in [6.07, 6.45) is 6.42. The number of sulfone groups is 1. The van der Waals surface area contributed by atoms with Gasteiger partial charge in [0.05, 0.1) is 11.5 Å². The Balaban J connectivity index is 1.49. The van der Waals surface area contributed by atoms with Gasteiger partial charge in [-0.1, -0.05) is 12.8 Å². The normalized spacial score (nSPS) is 28.1. The van der Waals surface area contributed by atoms with Gasteiger partial charge in [0, 0.05) is 12.6 Å². The minimum absolute atomic E-state index is 0.157. The van der Waals surface area contributed by atoms with Crippen LogP contribution in [0.1, 0.15) is 32.1 Å². The molecule has 100 valence electrons. The lowest BCUT2D eigenvalue weighted by Gasteiger charge is -2.23. The van der Waals surface area contributed by atoms with Gasteiger partial charge >= 0.3 is 0 Å². The van der Waals surface area contributed by atoms with Gasteiger partial charge in [0.25, 0.3) is 0 Å². The van der Waals surface area contributed by atoms with E-state index in [-0.39, 0.29) is 6.04 Å². The molecular formula is C12H24N2O2S. The Labute approximate surface area is 104 Å². The summed E-state index contributed by atoms with van der Waals surface area (Å²) in [5.41, 5.74) is 0. The summed E-state index contributed by atoms with van der Waals surface area (Å²) >= 11 is 0. The largest absolute Gasteiger partial charge is 0.317 e. The molecule has 1 atom stereocenters. The second-order valence-electron chi connectivity index (χ2n) is 5.39. The molecule has 1 aliphatic heterocycles. The maximum Gasteiger partial charge on any atom is 0.153 e. The van der Waals surface area contributed by atoms with E-state index in [0.29, 0.717) is 18.1 Å². The van der Waals surface area contributed by atoms with Crippen LogP contribution in [0.15, 0.2) is 0 Å². The molecule has 1 unspecified atom stereocenters. The summed E-state index contributed by atoms with van der Waals surface area (Å²) in [5, 5.41) is 6.68. The Kier molecular flexibility index (Phi) is 4.82. The van der Waals surface area contributed by atoms with E-state index in [2.05, 4.69) is 10.6 Å². The van der Waals surface area contributed by atoms with Gasteiger partial charge in [0.15, 0.2) is 9.84 Å². The number of rotatable bonds is 7. The molecule has 17 heavy (non-hydrogen) atoms. The summed E-state index contributed by atoms with van der Waals surface area (Å²) < 4.78 is 22.8. The van der Waals surface area contributed by atoms with E-state index in [9.17, 15) is 8.42 Å². The topological polar surface area (TPSA) is 58.2 Å². The fourth-order valence-electron chi connectivity index (χ4n) is 2.38. The average Bonchev–Trinajstić information content (AvgIpc) is 3.05. The van der Waals surface area contributed by atoms with Gasteiger partial charge in [-0.15, -0.1) is 0 Å². The smallest absolute Gasteiger partial charge is 0.153 e. The summed E-state index contributed by atoms with van der Waals surface area (Å²) in [6, 6.07) is 0.157. The monoisotopic (exact) mass is 260 g/mol. The van der Waals surface area contributed by atoms with Gasteiger partial charge in [0.2, 0.25) is 0 Å². The first-order valence-corrected chi connectivity index (χ1v) is 8.62. The first-order chi connectivity index (χ1) is 8.16. The SMILES string of the molecule is O=S1(=O)CCNC(CCNCCCC2CC2)C1. The predicted octanol–water partition coefficient (Wildman–Crippen LogP) is 0.543. The van der Waals surface area contributed by atoms with Crippen LogP contribution in [0.4, 0.5) is 0 Å². The molecule has 0 aromatic rings. The van der Waals surface area contributed by atoms with Gasteiger partial charge in [0.1, 0.15) is 0 Å². The second kappa shape index (κ2) is 6.16. The molecule has 0 amide bonds. The van der Waals surface area contributed by atoms with Crippen molar-refractivity contribution in [2.45, 2.75) is 38.1 Å². The molecule has 5 heteroatoms. The van der Waals surface area contributed by atoms with Crippen LogP contribution in [0, 0.1) is 5.92 Å². The lowest BCUT2D eigenvalue weighted by atomic mass is 10.2. The number of nitrogens with one attached hydrogen (secondary N) is 2. The van der Waals surface area contributed by atoms with E-state index in [1.165, 1.54) is 25.7 Å². The van der Waals surface area contributed by atoms with Crippen molar-refractivity contribution in [3.63, 3.8) is 0 Å². The first kappa shape index (κ1) is 13.3. The van der Waals surface area contributed by atoms with Crippen LogP contribution in [0.25, 0.3) is 0 Å². The summed E-state index contributed by atoms with van der Waals surface area (Å²) in [5.74, 6) is 1.64. The zero-order valence-corrected chi connectivity index (χ0v) is 11.3.